The second-order valence-corrected chi connectivity index (χ2v) is 8.13. The van der Waals surface area contributed by atoms with Gasteiger partial charge < -0.3 is 14.7 Å². The molecule has 1 aromatic rings. The highest BCUT2D eigenvalue weighted by Gasteiger charge is 2.39. The number of hydrogen-bond acceptors (Lipinski definition) is 3. The normalized spacial score (nSPS) is 20.2. The molecule has 26 heavy (non-hydrogen) atoms. The maximum Gasteiger partial charge on any atom is 0.410 e. The molecule has 1 aromatic carbocycles. The van der Waals surface area contributed by atoms with Gasteiger partial charge >= 0.3 is 6.09 Å². The number of nitrogens with zero attached hydrogens (tertiary/aromatic N) is 1. The van der Waals surface area contributed by atoms with Gasteiger partial charge in [0.15, 0.2) is 0 Å². The minimum absolute atomic E-state index is 0.0770. The smallest absolute Gasteiger partial charge is 0.410 e. The van der Waals surface area contributed by atoms with E-state index >= 15 is 0 Å². The predicted octanol–water partition coefficient (Wildman–Crippen LogP) is 5.33. The molecule has 1 atom stereocenters. The van der Waals surface area contributed by atoms with Crippen molar-refractivity contribution in [3.05, 3.63) is 34.3 Å². The summed E-state index contributed by atoms with van der Waals surface area (Å²) in [5, 5.41) is 10.3. The van der Waals surface area contributed by atoms with Crippen molar-refractivity contribution in [1.82, 2.24) is 4.90 Å². The van der Waals surface area contributed by atoms with Crippen molar-refractivity contribution in [3.8, 4) is 0 Å². The summed E-state index contributed by atoms with van der Waals surface area (Å²) in [7, 11) is 0. The number of halogens is 1. The van der Waals surface area contributed by atoms with E-state index in [1.165, 1.54) is 0 Å². The van der Waals surface area contributed by atoms with E-state index in [1.807, 2.05) is 53.7 Å². The van der Waals surface area contributed by atoms with Gasteiger partial charge in [-0.2, -0.15) is 0 Å². The molecule has 1 aliphatic heterocycles. The van der Waals surface area contributed by atoms with E-state index in [0.717, 1.165) is 29.0 Å². The number of aliphatic hydroxyl groups excluding tert-OH is 1. The molecule has 0 aromatic heterocycles. The highest BCUT2D eigenvalue weighted by atomic mass is 35.5. The monoisotopic (exact) mass is 383 g/mol. The van der Waals surface area contributed by atoms with E-state index in [4.69, 9.17) is 16.3 Å². The molecule has 0 bridgehead atoms. The molecule has 0 unspecified atom stereocenters. The Labute approximate surface area is 163 Å². The Morgan fingerprint density at radius 3 is 2.54 bits per heavy atom. The van der Waals surface area contributed by atoms with Crippen molar-refractivity contribution in [2.45, 2.75) is 71.8 Å². The molecular weight excluding hydrogens is 350 g/mol. The van der Waals surface area contributed by atoms with Crippen molar-refractivity contribution >= 4 is 17.7 Å². The van der Waals surface area contributed by atoms with E-state index < -0.39 is 5.60 Å². The second-order valence-electron chi connectivity index (χ2n) is 7.72. The van der Waals surface area contributed by atoms with Crippen LogP contribution in [0.15, 0.2) is 18.2 Å². The highest BCUT2D eigenvalue weighted by molar-refractivity contribution is 6.31. The molecule has 0 radical (unpaired) electrons. The number of hydrogen-bond donors (Lipinski definition) is 1. The van der Waals surface area contributed by atoms with Crippen LogP contribution >= 0.6 is 11.6 Å². The summed E-state index contributed by atoms with van der Waals surface area (Å²) in [6.45, 7) is 12.9. The lowest BCUT2D eigenvalue weighted by Gasteiger charge is -2.43. The first-order chi connectivity index (χ1) is 12.2. The third-order valence-corrected chi connectivity index (χ3v) is 5.01. The molecule has 1 aliphatic rings. The summed E-state index contributed by atoms with van der Waals surface area (Å²) in [4.78, 5) is 14.2. The van der Waals surface area contributed by atoms with Crippen LogP contribution in [0.3, 0.4) is 0 Å². The van der Waals surface area contributed by atoms with Gasteiger partial charge in [0.2, 0.25) is 0 Å². The van der Waals surface area contributed by atoms with Gasteiger partial charge in [0, 0.05) is 30.1 Å². The number of aliphatic hydroxyl groups is 1. The number of amides is 1. The average molecular weight is 384 g/mol. The molecule has 1 fully saturated rings. The molecule has 1 heterocycles. The van der Waals surface area contributed by atoms with Gasteiger partial charge in [0.1, 0.15) is 5.60 Å². The Balaban J connectivity index is 0.00000163. The number of aryl methyl sites for hydroxylation is 1. The minimum Gasteiger partial charge on any atom is -0.444 e. The van der Waals surface area contributed by atoms with Crippen LogP contribution < -0.4 is 0 Å². The van der Waals surface area contributed by atoms with Gasteiger partial charge in [0.25, 0.3) is 0 Å². The highest BCUT2D eigenvalue weighted by Crippen LogP contribution is 2.39. The molecule has 2 rings (SSSR count). The second kappa shape index (κ2) is 9.61. The van der Waals surface area contributed by atoms with Crippen LogP contribution in [0, 0.1) is 6.92 Å². The van der Waals surface area contributed by atoms with Crippen LogP contribution in [-0.2, 0) is 10.2 Å². The predicted molar refractivity (Wildman–Crippen MR) is 108 cm³/mol. The van der Waals surface area contributed by atoms with E-state index in [2.05, 4.69) is 6.07 Å². The third-order valence-electron chi connectivity index (χ3n) is 4.60. The van der Waals surface area contributed by atoms with Gasteiger partial charge in [0.05, 0.1) is 0 Å². The van der Waals surface area contributed by atoms with Gasteiger partial charge in [-0.05, 0) is 64.2 Å². The largest absolute Gasteiger partial charge is 0.444 e. The lowest BCUT2D eigenvalue weighted by atomic mass is 9.72. The number of rotatable bonds is 3. The minimum atomic E-state index is -0.513. The Morgan fingerprint density at radius 2 is 2.00 bits per heavy atom. The molecule has 1 N–H and O–H groups in total. The van der Waals surface area contributed by atoms with Crippen LogP contribution in [0.25, 0.3) is 0 Å². The third kappa shape index (κ3) is 5.88. The number of likely N-dealkylation sites (tertiary alicyclic amines) is 1. The zero-order chi connectivity index (χ0) is 20.0. The van der Waals surface area contributed by atoms with E-state index in [1.54, 1.807) is 4.90 Å². The maximum atomic E-state index is 12.5. The van der Waals surface area contributed by atoms with E-state index in [9.17, 15) is 9.90 Å². The number of carbonyl (C=O) groups is 1. The molecular formula is C21H34ClNO3. The maximum absolute atomic E-state index is 12.5. The lowest BCUT2D eigenvalue weighted by Crippen LogP contribution is -2.50. The molecule has 0 aliphatic carbocycles. The first kappa shape index (κ1) is 22.8. The summed E-state index contributed by atoms with van der Waals surface area (Å²) in [6.07, 6.45) is 2.12. The fourth-order valence-corrected chi connectivity index (χ4v) is 3.52. The number of ether oxygens (including phenoxy) is 1. The molecule has 0 saturated carbocycles. The van der Waals surface area contributed by atoms with Gasteiger partial charge in [-0.25, -0.2) is 4.79 Å². The van der Waals surface area contributed by atoms with Gasteiger partial charge in [-0.1, -0.05) is 37.6 Å². The molecule has 1 saturated heterocycles. The number of benzene rings is 1. The van der Waals surface area contributed by atoms with Crippen LogP contribution in [0.4, 0.5) is 4.79 Å². The van der Waals surface area contributed by atoms with Crippen molar-refractivity contribution in [1.29, 1.82) is 0 Å². The summed E-state index contributed by atoms with van der Waals surface area (Å²) >= 11 is 6.31. The van der Waals surface area contributed by atoms with Crippen molar-refractivity contribution in [2.75, 3.05) is 19.7 Å². The molecule has 4 nitrogen and oxygen atoms in total. The summed E-state index contributed by atoms with van der Waals surface area (Å²) < 4.78 is 5.53. The number of carbonyl (C=O) groups excluding carboxylic acids is 1. The van der Waals surface area contributed by atoms with E-state index in [0.29, 0.717) is 19.5 Å². The van der Waals surface area contributed by atoms with Crippen molar-refractivity contribution in [2.24, 2.45) is 0 Å². The van der Waals surface area contributed by atoms with Crippen molar-refractivity contribution in [3.63, 3.8) is 0 Å². The fraction of sp³-hybridized carbons (Fsp3) is 0.667. The van der Waals surface area contributed by atoms with Crippen LogP contribution in [-0.4, -0.2) is 41.4 Å². The summed E-state index contributed by atoms with van der Waals surface area (Å²) in [6, 6.07) is 6.05. The zero-order valence-electron chi connectivity index (χ0n) is 17.1. The van der Waals surface area contributed by atoms with Crippen molar-refractivity contribution < 1.29 is 14.6 Å². The standard InChI is InChI=1S/C19H28ClNO3.C2H6/c1-14-6-7-15(12-16(14)20)19(9-11-22)8-5-10-21(13-19)17(23)24-18(2,3)4;1-2/h6-7,12,22H,5,8-11,13H2,1-4H3;1-2H3/t19-;/m1./s1. The SMILES string of the molecule is CC.Cc1ccc([C@@]2(CCO)CCCN(C(=O)OC(C)(C)C)C2)cc1Cl. The molecule has 148 valence electrons. The van der Waals surface area contributed by atoms with Gasteiger partial charge in [-0.15, -0.1) is 0 Å². The van der Waals surface area contributed by atoms with Gasteiger partial charge in [-0.3, -0.25) is 0 Å². The fourth-order valence-electron chi connectivity index (χ4n) is 3.33. The topological polar surface area (TPSA) is 49.8 Å². The first-order valence-corrected chi connectivity index (χ1v) is 9.90. The number of piperidine rings is 1. The summed E-state index contributed by atoms with van der Waals surface area (Å²) in [5.41, 5.74) is 1.32. The molecule has 5 heteroatoms. The summed E-state index contributed by atoms with van der Waals surface area (Å²) in [5.74, 6) is 0. The lowest BCUT2D eigenvalue weighted by molar-refractivity contribution is 0.0112. The molecule has 0 spiro atoms. The first-order valence-electron chi connectivity index (χ1n) is 9.52. The van der Waals surface area contributed by atoms with E-state index in [-0.39, 0.29) is 18.1 Å². The zero-order valence-corrected chi connectivity index (χ0v) is 17.8. The average Bonchev–Trinajstić information content (AvgIpc) is 2.58. The Morgan fingerprint density at radius 1 is 1.35 bits per heavy atom. The quantitative estimate of drug-likeness (QED) is 0.767. The molecule has 1 amide bonds. The Kier molecular flexibility index (Phi) is 8.42. The Bertz CT molecular complexity index is 593. The van der Waals surface area contributed by atoms with Crippen LogP contribution in [0.5, 0.6) is 0 Å². The van der Waals surface area contributed by atoms with Crippen LogP contribution in [0.2, 0.25) is 5.02 Å². The Hall–Kier alpha value is -1.26. The van der Waals surface area contributed by atoms with Crippen LogP contribution in [0.1, 0.15) is 65.0 Å².